The maximum absolute atomic E-state index is 13.0. The van der Waals surface area contributed by atoms with Gasteiger partial charge in [0, 0.05) is 5.92 Å². The molecular weight excluding hydrogens is 298 g/mol. The standard InChI is InChI=1S/C21H29NO2/c1-3-24-19-6-4-16(5-7-19)13(2)22-21(23)20-17-9-14-8-15(11-17)12-18(20)10-14/h4-7,13-15,17-18,20H,3,8-12H2,1-2H3,(H,22,23). The predicted molar refractivity (Wildman–Crippen MR) is 94.7 cm³/mol. The van der Waals surface area contributed by atoms with E-state index in [0.29, 0.717) is 24.3 Å². The molecule has 3 heteroatoms. The number of carbonyl (C=O) groups is 1. The van der Waals surface area contributed by atoms with Crippen molar-refractivity contribution >= 4 is 5.91 Å². The van der Waals surface area contributed by atoms with Gasteiger partial charge in [0.05, 0.1) is 12.6 Å². The van der Waals surface area contributed by atoms with Crippen LogP contribution in [0.3, 0.4) is 0 Å². The quantitative estimate of drug-likeness (QED) is 0.874. The van der Waals surface area contributed by atoms with E-state index in [4.69, 9.17) is 4.74 Å². The molecular formula is C21H29NO2. The number of nitrogens with one attached hydrogen (secondary N) is 1. The maximum atomic E-state index is 13.0. The monoisotopic (exact) mass is 327 g/mol. The summed E-state index contributed by atoms with van der Waals surface area (Å²) in [6.07, 6.45) is 6.61. The number of rotatable bonds is 5. The van der Waals surface area contributed by atoms with E-state index in [0.717, 1.165) is 23.1 Å². The Morgan fingerprint density at radius 1 is 1.08 bits per heavy atom. The van der Waals surface area contributed by atoms with Crippen LogP contribution in [0.4, 0.5) is 0 Å². The van der Waals surface area contributed by atoms with Crippen molar-refractivity contribution in [2.24, 2.45) is 29.6 Å². The van der Waals surface area contributed by atoms with Crippen molar-refractivity contribution in [1.29, 1.82) is 0 Å². The van der Waals surface area contributed by atoms with Gasteiger partial charge in [-0.05, 0) is 87.3 Å². The molecule has 1 atom stereocenters. The van der Waals surface area contributed by atoms with Gasteiger partial charge < -0.3 is 10.1 Å². The third kappa shape index (κ3) is 2.94. The number of carbonyl (C=O) groups excluding carboxylic acids is 1. The van der Waals surface area contributed by atoms with Crippen LogP contribution in [-0.2, 0) is 4.79 Å². The number of hydrogen-bond donors (Lipinski definition) is 1. The SMILES string of the molecule is CCOc1ccc(C(C)NC(=O)C2C3CC4CC(C3)CC2C4)cc1. The molecule has 0 spiro atoms. The Labute approximate surface area is 145 Å². The van der Waals surface area contributed by atoms with Crippen molar-refractivity contribution in [2.45, 2.75) is 52.0 Å². The first-order valence-electron chi connectivity index (χ1n) is 9.67. The zero-order valence-electron chi connectivity index (χ0n) is 14.8. The highest BCUT2D eigenvalue weighted by atomic mass is 16.5. The van der Waals surface area contributed by atoms with E-state index >= 15 is 0 Å². The van der Waals surface area contributed by atoms with Gasteiger partial charge in [0.25, 0.3) is 0 Å². The van der Waals surface area contributed by atoms with E-state index < -0.39 is 0 Å². The molecule has 1 aromatic rings. The smallest absolute Gasteiger partial charge is 0.224 e. The lowest BCUT2D eigenvalue weighted by molar-refractivity contribution is -0.138. The highest BCUT2D eigenvalue weighted by molar-refractivity contribution is 5.80. The molecule has 4 aliphatic carbocycles. The number of amides is 1. The molecule has 4 saturated carbocycles. The fourth-order valence-corrected chi connectivity index (χ4v) is 5.77. The van der Waals surface area contributed by atoms with E-state index in [-0.39, 0.29) is 12.0 Å². The van der Waals surface area contributed by atoms with Crippen molar-refractivity contribution in [1.82, 2.24) is 5.32 Å². The van der Waals surface area contributed by atoms with Crippen LogP contribution in [0, 0.1) is 29.6 Å². The molecule has 4 fully saturated rings. The zero-order valence-corrected chi connectivity index (χ0v) is 14.8. The summed E-state index contributed by atoms with van der Waals surface area (Å²) in [7, 11) is 0. The zero-order chi connectivity index (χ0) is 16.7. The predicted octanol–water partition coefficient (Wildman–Crippen LogP) is 4.33. The highest BCUT2D eigenvalue weighted by Gasteiger charge is 2.50. The average Bonchev–Trinajstić information content (AvgIpc) is 2.54. The molecule has 1 unspecified atom stereocenters. The van der Waals surface area contributed by atoms with Crippen molar-refractivity contribution < 1.29 is 9.53 Å². The molecule has 1 N–H and O–H groups in total. The summed E-state index contributed by atoms with van der Waals surface area (Å²) in [5.41, 5.74) is 1.15. The van der Waals surface area contributed by atoms with Gasteiger partial charge in [-0.2, -0.15) is 0 Å². The average molecular weight is 327 g/mol. The van der Waals surface area contributed by atoms with Crippen molar-refractivity contribution in [3.05, 3.63) is 29.8 Å². The molecule has 0 saturated heterocycles. The second kappa shape index (κ2) is 6.42. The highest BCUT2D eigenvalue weighted by Crippen LogP contribution is 2.56. The Kier molecular flexibility index (Phi) is 4.28. The Morgan fingerprint density at radius 3 is 2.21 bits per heavy atom. The Morgan fingerprint density at radius 2 is 1.67 bits per heavy atom. The van der Waals surface area contributed by atoms with Crippen LogP contribution in [0.2, 0.25) is 0 Å². The van der Waals surface area contributed by atoms with Crippen LogP contribution >= 0.6 is 0 Å². The van der Waals surface area contributed by atoms with Gasteiger partial charge >= 0.3 is 0 Å². The van der Waals surface area contributed by atoms with Gasteiger partial charge in [-0.3, -0.25) is 4.79 Å². The summed E-state index contributed by atoms with van der Waals surface area (Å²) in [5, 5.41) is 3.30. The van der Waals surface area contributed by atoms with Crippen LogP contribution < -0.4 is 10.1 Å². The van der Waals surface area contributed by atoms with Gasteiger partial charge in [0.2, 0.25) is 5.91 Å². The molecule has 0 heterocycles. The third-order valence-electron chi connectivity index (χ3n) is 6.58. The van der Waals surface area contributed by atoms with Gasteiger partial charge in [-0.15, -0.1) is 0 Å². The maximum Gasteiger partial charge on any atom is 0.224 e. The lowest BCUT2D eigenvalue weighted by Gasteiger charge is -2.53. The first kappa shape index (κ1) is 16.0. The molecule has 0 aliphatic heterocycles. The Balaban J connectivity index is 1.40. The van der Waals surface area contributed by atoms with Crippen molar-refractivity contribution in [2.75, 3.05) is 6.61 Å². The second-order valence-corrected chi connectivity index (χ2v) is 8.19. The Hall–Kier alpha value is -1.51. The van der Waals surface area contributed by atoms with Crippen LogP contribution in [0.25, 0.3) is 0 Å². The number of ether oxygens (including phenoxy) is 1. The molecule has 130 valence electrons. The van der Waals surface area contributed by atoms with Crippen LogP contribution in [0.5, 0.6) is 5.75 Å². The van der Waals surface area contributed by atoms with E-state index in [1.165, 1.54) is 32.1 Å². The Bertz CT molecular complexity index is 566. The van der Waals surface area contributed by atoms with Crippen LogP contribution in [0.15, 0.2) is 24.3 Å². The first-order chi connectivity index (χ1) is 11.6. The summed E-state index contributed by atoms with van der Waals surface area (Å²) in [5.74, 6) is 4.58. The van der Waals surface area contributed by atoms with Gasteiger partial charge in [-0.25, -0.2) is 0 Å². The molecule has 0 aromatic heterocycles. The van der Waals surface area contributed by atoms with E-state index in [1.54, 1.807) is 0 Å². The van der Waals surface area contributed by atoms with E-state index in [9.17, 15) is 4.79 Å². The van der Waals surface area contributed by atoms with Crippen LogP contribution in [-0.4, -0.2) is 12.5 Å². The molecule has 5 rings (SSSR count). The fraction of sp³-hybridized carbons (Fsp3) is 0.667. The van der Waals surface area contributed by atoms with Crippen LogP contribution in [0.1, 0.15) is 57.6 Å². The summed E-state index contributed by atoms with van der Waals surface area (Å²) in [4.78, 5) is 13.0. The van der Waals surface area contributed by atoms with E-state index in [1.807, 2.05) is 19.1 Å². The van der Waals surface area contributed by atoms with Crippen molar-refractivity contribution in [3.8, 4) is 5.75 Å². The largest absolute Gasteiger partial charge is 0.494 e. The summed E-state index contributed by atoms with van der Waals surface area (Å²) in [6.45, 7) is 4.75. The molecule has 1 aromatic carbocycles. The molecule has 1 amide bonds. The summed E-state index contributed by atoms with van der Waals surface area (Å²) >= 11 is 0. The lowest BCUT2D eigenvalue weighted by atomic mass is 9.51. The third-order valence-corrected chi connectivity index (χ3v) is 6.58. The topological polar surface area (TPSA) is 38.3 Å². The van der Waals surface area contributed by atoms with Gasteiger partial charge in [0.1, 0.15) is 5.75 Å². The molecule has 0 radical (unpaired) electrons. The second-order valence-electron chi connectivity index (χ2n) is 8.19. The van der Waals surface area contributed by atoms with Gasteiger partial charge in [-0.1, -0.05) is 12.1 Å². The number of benzene rings is 1. The minimum absolute atomic E-state index is 0.0605. The first-order valence-corrected chi connectivity index (χ1v) is 9.67. The number of hydrogen-bond acceptors (Lipinski definition) is 2. The normalized spacial score (nSPS) is 34.8. The minimum Gasteiger partial charge on any atom is -0.494 e. The van der Waals surface area contributed by atoms with Gasteiger partial charge in [0.15, 0.2) is 0 Å². The molecule has 3 nitrogen and oxygen atoms in total. The van der Waals surface area contributed by atoms with E-state index in [2.05, 4.69) is 24.4 Å². The summed E-state index contributed by atoms with van der Waals surface area (Å²) < 4.78 is 5.49. The summed E-state index contributed by atoms with van der Waals surface area (Å²) in [6, 6.07) is 8.17. The fourth-order valence-electron chi connectivity index (χ4n) is 5.77. The van der Waals surface area contributed by atoms with Crippen molar-refractivity contribution in [3.63, 3.8) is 0 Å². The minimum atomic E-state index is 0.0605. The molecule has 4 bridgehead atoms. The molecule has 4 aliphatic rings. The lowest BCUT2D eigenvalue weighted by Crippen LogP contribution is -2.51. The molecule has 24 heavy (non-hydrogen) atoms.